The summed E-state index contributed by atoms with van der Waals surface area (Å²) in [5.41, 5.74) is 3.70. The summed E-state index contributed by atoms with van der Waals surface area (Å²) >= 11 is 0. The number of anilines is 3. The molecule has 4 nitrogen and oxygen atoms in total. The van der Waals surface area contributed by atoms with Gasteiger partial charge in [0.1, 0.15) is 5.82 Å². The van der Waals surface area contributed by atoms with Crippen molar-refractivity contribution in [2.24, 2.45) is 0 Å². The Kier molecular flexibility index (Phi) is 4.93. The van der Waals surface area contributed by atoms with Crippen molar-refractivity contribution in [2.45, 2.75) is 13.8 Å². The van der Waals surface area contributed by atoms with Crippen molar-refractivity contribution in [3.8, 4) is 0 Å². The van der Waals surface area contributed by atoms with Gasteiger partial charge in [0.05, 0.1) is 5.56 Å². The zero-order chi connectivity index (χ0) is 18.7. The first kappa shape index (κ1) is 17.5. The van der Waals surface area contributed by atoms with Crippen molar-refractivity contribution >= 4 is 23.1 Å². The average molecular weight is 353 g/mol. The minimum absolute atomic E-state index is 0.278. The van der Waals surface area contributed by atoms with Crippen molar-refractivity contribution in [1.82, 2.24) is 4.98 Å². The highest BCUT2D eigenvalue weighted by Crippen LogP contribution is 2.19. The Hall–Kier alpha value is -3.28. The number of halogens is 2. The summed E-state index contributed by atoms with van der Waals surface area (Å²) in [6.45, 7) is 3.98. The third-order valence-electron chi connectivity index (χ3n) is 3.98. The Morgan fingerprint density at radius 2 is 1.65 bits per heavy atom. The second kappa shape index (κ2) is 7.31. The van der Waals surface area contributed by atoms with Crippen LogP contribution in [0.1, 0.15) is 21.5 Å². The molecular weight excluding hydrogens is 336 g/mol. The molecule has 1 heterocycles. The SMILES string of the molecule is Cc1ccc(NC(=O)c2ccc(Nc3ccc(F)c(F)c3)nc2)cc1C. The molecule has 2 aromatic carbocycles. The van der Waals surface area contributed by atoms with Crippen LogP contribution in [0.5, 0.6) is 0 Å². The Bertz CT molecular complexity index is 956. The Morgan fingerprint density at radius 1 is 0.885 bits per heavy atom. The van der Waals surface area contributed by atoms with Gasteiger partial charge in [-0.2, -0.15) is 0 Å². The Labute approximate surface area is 149 Å². The minimum Gasteiger partial charge on any atom is -0.340 e. The molecule has 0 aliphatic carbocycles. The van der Waals surface area contributed by atoms with Gasteiger partial charge in [-0.3, -0.25) is 4.79 Å². The fraction of sp³-hybridized carbons (Fsp3) is 0.100. The lowest BCUT2D eigenvalue weighted by molar-refractivity contribution is 0.102. The van der Waals surface area contributed by atoms with Crippen molar-refractivity contribution in [3.63, 3.8) is 0 Å². The molecule has 132 valence electrons. The summed E-state index contributed by atoms with van der Waals surface area (Å²) in [5, 5.41) is 5.67. The highest BCUT2D eigenvalue weighted by molar-refractivity contribution is 6.04. The molecule has 0 fully saturated rings. The van der Waals surface area contributed by atoms with E-state index in [1.807, 2.05) is 32.0 Å². The van der Waals surface area contributed by atoms with Crippen LogP contribution in [0.3, 0.4) is 0 Å². The number of benzene rings is 2. The van der Waals surface area contributed by atoms with Gasteiger partial charge in [-0.1, -0.05) is 6.07 Å². The van der Waals surface area contributed by atoms with E-state index in [1.54, 1.807) is 12.1 Å². The number of nitrogens with zero attached hydrogens (tertiary/aromatic N) is 1. The Balaban J connectivity index is 1.69. The largest absolute Gasteiger partial charge is 0.340 e. The average Bonchev–Trinajstić information content (AvgIpc) is 2.62. The molecule has 6 heteroatoms. The molecule has 26 heavy (non-hydrogen) atoms. The molecule has 1 amide bonds. The number of aromatic nitrogens is 1. The van der Waals surface area contributed by atoms with Crippen LogP contribution in [0, 0.1) is 25.5 Å². The lowest BCUT2D eigenvalue weighted by Gasteiger charge is -2.09. The summed E-state index contributed by atoms with van der Waals surface area (Å²) in [6, 6.07) is 12.4. The number of pyridine rings is 1. The molecule has 0 bridgehead atoms. The second-order valence-electron chi connectivity index (χ2n) is 5.94. The molecule has 0 aliphatic heterocycles. The zero-order valence-electron chi connectivity index (χ0n) is 14.3. The van der Waals surface area contributed by atoms with Crippen molar-refractivity contribution < 1.29 is 13.6 Å². The molecule has 0 aliphatic rings. The molecule has 0 saturated heterocycles. The minimum atomic E-state index is -0.945. The molecule has 0 radical (unpaired) electrons. The fourth-order valence-electron chi connectivity index (χ4n) is 2.35. The summed E-state index contributed by atoms with van der Waals surface area (Å²) in [7, 11) is 0. The van der Waals surface area contributed by atoms with Gasteiger partial charge in [0.25, 0.3) is 5.91 Å². The number of carbonyl (C=O) groups is 1. The summed E-state index contributed by atoms with van der Waals surface area (Å²) in [5.74, 6) is -1.72. The number of hydrogen-bond donors (Lipinski definition) is 2. The van der Waals surface area contributed by atoms with Crippen LogP contribution in [0.15, 0.2) is 54.7 Å². The molecule has 0 atom stereocenters. The lowest BCUT2D eigenvalue weighted by atomic mass is 10.1. The maximum absolute atomic E-state index is 13.2. The van der Waals surface area contributed by atoms with E-state index in [-0.39, 0.29) is 5.91 Å². The van der Waals surface area contributed by atoms with Crippen molar-refractivity contribution in [2.75, 3.05) is 10.6 Å². The van der Waals surface area contributed by atoms with Crippen molar-refractivity contribution in [1.29, 1.82) is 0 Å². The van der Waals surface area contributed by atoms with Gasteiger partial charge in [-0.25, -0.2) is 13.8 Å². The first-order chi connectivity index (χ1) is 12.4. The molecule has 0 saturated carbocycles. The van der Waals surface area contributed by atoms with Gasteiger partial charge in [0.15, 0.2) is 11.6 Å². The number of carbonyl (C=O) groups excluding carboxylic acids is 1. The normalized spacial score (nSPS) is 10.5. The molecular formula is C20H17F2N3O. The van der Waals surface area contributed by atoms with Crippen LogP contribution in [0.25, 0.3) is 0 Å². The number of amides is 1. The maximum atomic E-state index is 13.2. The molecule has 3 rings (SSSR count). The van der Waals surface area contributed by atoms with E-state index in [4.69, 9.17) is 0 Å². The molecule has 3 aromatic rings. The zero-order valence-corrected chi connectivity index (χ0v) is 14.3. The standard InChI is InChI=1S/C20H17F2N3O/c1-12-3-5-15(9-13(12)2)25-20(26)14-4-8-19(23-11-14)24-16-6-7-17(21)18(22)10-16/h3-11H,1-2H3,(H,23,24)(H,25,26). The maximum Gasteiger partial charge on any atom is 0.257 e. The topological polar surface area (TPSA) is 54.0 Å². The summed E-state index contributed by atoms with van der Waals surface area (Å²) < 4.78 is 26.2. The third kappa shape index (κ3) is 4.03. The van der Waals surface area contributed by atoms with E-state index in [1.165, 1.54) is 12.3 Å². The second-order valence-corrected chi connectivity index (χ2v) is 5.94. The van der Waals surface area contributed by atoms with E-state index in [0.717, 1.165) is 23.3 Å². The van der Waals surface area contributed by atoms with Crippen LogP contribution in [0.4, 0.5) is 26.0 Å². The number of hydrogen-bond acceptors (Lipinski definition) is 3. The van der Waals surface area contributed by atoms with E-state index < -0.39 is 11.6 Å². The highest BCUT2D eigenvalue weighted by atomic mass is 19.2. The van der Waals surface area contributed by atoms with Crippen molar-refractivity contribution in [3.05, 3.63) is 83.1 Å². The predicted octanol–water partition coefficient (Wildman–Crippen LogP) is 4.97. The summed E-state index contributed by atoms with van der Waals surface area (Å²) in [6.07, 6.45) is 1.42. The highest BCUT2D eigenvalue weighted by Gasteiger charge is 2.08. The van der Waals surface area contributed by atoms with Crippen LogP contribution >= 0.6 is 0 Å². The molecule has 1 aromatic heterocycles. The fourth-order valence-corrected chi connectivity index (χ4v) is 2.35. The Morgan fingerprint density at radius 3 is 2.31 bits per heavy atom. The summed E-state index contributed by atoms with van der Waals surface area (Å²) in [4.78, 5) is 16.4. The predicted molar refractivity (Wildman–Crippen MR) is 97.7 cm³/mol. The third-order valence-corrected chi connectivity index (χ3v) is 3.98. The number of rotatable bonds is 4. The van der Waals surface area contributed by atoms with Gasteiger partial charge in [-0.05, 0) is 61.4 Å². The molecule has 0 unspecified atom stereocenters. The van der Waals surface area contributed by atoms with Gasteiger partial charge in [0, 0.05) is 23.6 Å². The van der Waals surface area contributed by atoms with Gasteiger partial charge < -0.3 is 10.6 Å². The van der Waals surface area contributed by atoms with Gasteiger partial charge in [-0.15, -0.1) is 0 Å². The van der Waals surface area contributed by atoms with Gasteiger partial charge >= 0.3 is 0 Å². The van der Waals surface area contributed by atoms with Crippen LogP contribution in [0.2, 0.25) is 0 Å². The molecule has 0 spiro atoms. The van der Waals surface area contributed by atoms with Crippen LogP contribution < -0.4 is 10.6 Å². The van der Waals surface area contributed by atoms with Crippen LogP contribution in [-0.4, -0.2) is 10.9 Å². The van der Waals surface area contributed by atoms with Crippen LogP contribution in [-0.2, 0) is 0 Å². The number of aryl methyl sites for hydroxylation is 2. The quantitative estimate of drug-likeness (QED) is 0.696. The lowest BCUT2D eigenvalue weighted by Crippen LogP contribution is -2.12. The smallest absolute Gasteiger partial charge is 0.257 e. The van der Waals surface area contributed by atoms with E-state index in [0.29, 0.717) is 22.8 Å². The first-order valence-corrected chi connectivity index (χ1v) is 7.99. The number of nitrogens with one attached hydrogen (secondary N) is 2. The van der Waals surface area contributed by atoms with Gasteiger partial charge in [0.2, 0.25) is 0 Å². The molecule has 2 N–H and O–H groups in total. The first-order valence-electron chi connectivity index (χ1n) is 7.99. The monoisotopic (exact) mass is 353 g/mol. The van der Waals surface area contributed by atoms with E-state index >= 15 is 0 Å². The van der Waals surface area contributed by atoms with E-state index in [2.05, 4.69) is 15.6 Å². The van der Waals surface area contributed by atoms with E-state index in [9.17, 15) is 13.6 Å².